The maximum atomic E-state index is 13.9. The maximum absolute atomic E-state index is 13.9. The van der Waals surface area contributed by atoms with Gasteiger partial charge in [0.2, 0.25) is 0 Å². The first kappa shape index (κ1) is 15.4. The molecular formula is C18H15FN4O2. The molecule has 2 aromatic carbocycles. The number of carbonyl (C=O) groups is 2. The molecule has 0 spiro atoms. The van der Waals surface area contributed by atoms with Crippen LogP contribution in [0.25, 0.3) is 0 Å². The smallest absolute Gasteiger partial charge is 0.263 e. The van der Waals surface area contributed by atoms with Gasteiger partial charge in [0.25, 0.3) is 11.8 Å². The van der Waals surface area contributed by atoms with Crippen LogP contribution >= 0.6 is 0 Å². The highest BCUT2D eigenvalue weighted by Crippen LogP contribution is 2.35. The molecule has 0 aromatic heterocycles. The van der Waals surface area contributed by atoms with Gasteiger partial charge in [0.15, 0.2) is 12.1 Å². The van der Waals surface area contributed by atoms with Crippen LogP contribution in [-0.4, -0.2) is 23.9 Å². The van der Waals surface area contributed by atoms with Gasteiger partial charge in [-0.1, -0.05) is 23.4 Å². The van der Waals surface area contributed by atoms with Crippen LogP contribution in [0.2, 0.25) is 0 Å². The van der Waals surface area contributed by atoms with Crippen molar-refractivity contribution in [1.82, 2.24) is 0 Å². The quantitative estimate of drug-likeness (QED) is 0.791. The summed E-state index contributed by atoms with van der Waals surface area (Å²) in [5.74, 6) is -1.41. The largest absolute Gasteiger partial charge is 0.271 e. The molecule has 25 heavy (non-hydrogen) atoms. The van der Waals surface area contributed by atoms with Crippen molar-refractivity contribution in [3.8, 4) is 0 Å². The lowest BCUT2D eigenvalue weighted by Gasteiger charge is -2.21. The zero-order valence-corrected chi connectivity index (χ0v) is 13.7. The number of anilines is 2. The molecule has 2 heterocycles. The topological polar surface area (TPSA) is 65.3 Å². The zero-order valence-electron chi connectivity index (χ0n) is 13.7. The molecule has 0 unspecified atom stereocenters. The molecule has 2 amide bonds. The summed E-state index contributed by atoms with van der Waals surface area (Å²) >= 11 is 0. The minimum atomic E-state index is -0.905. The Labute approximate surface area is 143 Å². The molecule has 126 valence electrons. The third-order valence-electron chi connectivity index (χ3n) is 4.46. The molecule has 1 saturated heterocycles. The van der Waals surface area contributed by atoms with Gasteiger partial charge in [-0.25, -0.2) is 14.3 Å². The normalized spacial score (nSPS) is 22.0. The molecule has 2 aliphatic rings. The van der Waals surface area contributed by atoms with Crippen LogP contribution in [0.3, 0.4) is 0 Å². The maximum Gasteiger partial charge on any atom is 0.263 e. The van der Waals surface area contributed by atoms with Gasteiger partial charge in [-0.15, -0.1) is 0 Å². The van der Waals surface area contributed by atoms with E-state index in [1.165, 1.54) is 11.1 Å². The lowest BCUT2D eigenvalue weighted by molar-refractivity contribution is -0.121. The lowest BCUT2D eigenvalue weighted by Crippen LogP contribution is -2.40. The minimum absolute atomic E-state index is 0.215. The van der Waals surface area contributed by atoms with Crippen molar-refractivity contribution in [2.45, 2.75) is 25.9 Å². The second-order valence-corrected chi connectivity index (χ2v) is 6.22. The van der Waals surface area contributed by atoms with E-state index in [2.05, 4.69) is 10.3 Å². The molecule has 1 fully saturated rings. The summed E-state index contributed by atoms with van der Waals surface area (Å²) in [6, 6.07) is 10.0. The van der Waals surface area contributed by atoms with E-state index in [1.54, 1.807) is 25.1 Å². The Morgan fingerprint density at radius 3 is 2.52 bits per heavy atom. The molecule has 4 rings (SSSR count). The average molecular weight is 338 g/mol. The number of amides is 2. The van der Waals surface area contributed by atoms with Crippen molar-refractivity contribution in [3.63, 3.8) is 0 Å². The van der Waals surface area contributed by atoms with Crippen LogP contribution < -0.4 is 9.91 Å². The Kier molecular flexibility index (Phi) is 3.38. The third kappa shape index (κ3) is 2.31. The number of hydrogen-bond donors (Lipinski definition) is 0. The van der Waals surface area contributed by atoms with Gasteiger partial charge < -0.3 is 0 Å². The van der Waals surface area contributed by atoms with Crippen molar-refractivity contribution in [2.75, 3.05) is 9.91 Å². The Bertz CT molecular complexity index is 927. The zero-order chi connectivity index (χ0) is 17.7. The van der Waals surface area contributed by atoms with Gasteiger partial charge in [0.05, 0.1) is 11.4 Å². The van der Waals surface area contributed by atoms with E-state index in [1.807, 2.05) is 25.1 Å². The fourth-order valence-electron chi connectivity index (χ4n) is 3.12. The van der Waals surface area contributed by atoms with Gasteiger partial charge in [-0.2, -0.15) is 5.11 Å². The molecule has 0 radical (unpaired) electrons. The molecule has 0 bridgehead atoms. The highest BCUT2D eigenvalue weighted by molar-refractivity contribution is 6.26. The van der Waals surface area contributed by atoms with Crippen LogP contribution in [0.15, 0.2) is 52.8 Å². The molecule has 0 saturated carbocycles. The molecular weight excluding hydrogens is 323 g/mol. The summed E-state index contributed by atoms with van der Waals surface area (Å²) < 4.78 is 13.9. The van der Waals surface area contributed by atoms with Gasteiger partial charge >= 0.3 is 0 Å². The second kappa shape index (κ2) is 5.47. The summed E-state index contributed by atoms with van der Waals surface area (Å²) in [6.07, 6.45) is 0. The Hall–Kier alpha value is -3.09. The summed E-state index contributed by atoms with van der Waals surface area (Å²) in [5, 5.41) is 9.45. The second-order valence-electron chi connectivity index (χ2n) is 6.22. The predicted molar refractivity (Wildman–Crippen MR) is 89.7 cm³/mol. The highest BCUT2D eigenvalue weighted by Gasteiger charge is 2.55. The fourth-order valence-corrected chi connectivity index (χ4v) is 3.12. The molecule has 6 nitrogen and oxygen atoms in total. The minimum Gasteiger partial charge on any atom is -0.271 e. The number of carbonyl (C=O) groups excluding carboxylic acids is 2. The van der Waals surface area contributed by atoms with Crippen LogP contribution in [0.4, 0.5) is 15.8 Å². The van der Waals surface area contributed by atoms with Crippen molar-refractivity contribution in [1.29, 1.82) is 0 Å². The first-order valence-corrected chi connectivity index (χ1v) is 7.88. The van der Waals surface area contributed by atoms with Crippen LogP contribution in [0, 0.1) is 19.7 Å². The highest BCUT2D eigenvalue weighted by atomic mass is 19.1. The Morgan fingerprint density at radius 1 is 1.00 bits per heavy atom. The van der Waals surface area contributed by atoms with E-state index < -0.39 is 29.7 Å². The Balaban J connectivity index is 1.71. The predicted octanol–water partition coefficient (Wildman–Crippen LogP) is 2.94. The standard InChI is InChI=1S/C18H15FN4O2/c1-10-4-3-5-13(8-10)23-16-15(20-21-23)17(24)22(18(16)25)12-7-6-11(2)14(19)9-12/h3-9,15-16H,1-2H3/t15-,16-/m1/s1. The lowest BCUT2D eigenvalue weighted by atomic mass is 10.1. The van der Waals surface area contributed by atoms with E-state index in [4.69, 9.17) is 0 Å². The van der Waals surface area contributed by atoms with E-state index in [0.717, 1.165) is 10.5 Å². The van der Waals surface area contributed by atoms with Crippen LogP contribution in [0.5, 0.6) is 0 Å². The third-order valence-corrected chi connectivity index (χ3v) is 4.46. The molecule has 7 heteroatoms. The summed E-state index contributed by atoms with van der Waals surface area (Å²) in [5.41, 5.74) is 2.36. The first-order valence-electron chi connectivity index (χ1n) is 7.88. The number of aryl methyl sites for hydroxylation is 2. The Morgan fingerprint density at radius 2 is 1.80 bits per heavy atom. The molecule has 2 aliphatic heterocycles. The van der Waals surface area contributed by atoms with Crippen LogP contribution in [0.1, 0.15) is 11.1 Å². The molecule has 0 N–H and O–H groups in total. The SMILES string of the molecule is Cc1cccc(N2N=N[C@H]3C(=O)N(c4ccc(C)c(F)c4)C(=O)[C@@H]32)c1. The van der Waals surface area contributed by atoms with E-state index in [-0.39, 0.29) is 5.69 Å². The average Bonchev–Trinajstić information content (AvgIpc) is 3.12. The summed E-state index contributed by atoms with van der Waals surface area (Å²) in [7, 11) is 0. The fraction of sp³-hybridized carbons (Fsp3) is 0.222. The van der Waals surface area contributed by atoms with E-state index >= 15 is 0 Å². The van der Waals surface area contributed by atoms with Crippen molar-refractivity contribution in [2.24, 2.45) is 10.3 Å². The van der Waals surface area contributed by atoms with E-state index in [9.17, 15) is 14.0 Å². The first-order chi connectivity index (χ1) is 12.0. The van der Waals surface area contributed by atoms with E-state index in [0.29, 0.717) is 11.3 Å². The number of nitrogens with zero attached hydrogens (tertiary/aromatic N) is 4. The molecule has 0 aliphatic carbocycles. The number of fused-ring (bicyclic) bond motifs is 1. The van der Waals surface area contributed by atoms with Crippen molar-refractivity contribution in [3.05, 3.63) is 59.4 Å². The number of hydrogen-bond acceptors (Lipinski definition) is 5. The molecule has 2 aromatic rings. The number of benzene rings is 2. The number of rotatable bonds is 2. The molecule has 2 atom stereocenters. The van der Waals surface area contributed by atoms with Crippen molar-refractivity contribution < 1.29 is 14.0 Å². The van der Waals surface area contributed by atoms with Gasteiger partial charge in [-0.05, 0) is 49.2 Å². The van der Waals surface area contributed by atoms with Crippen molar-refractivity contribution >= 4 is 23.2 Å². The summed E-state index contributed by atoms with van der Waals surface area (Å²) in [4.78, 5) is 26.5. The van der Waals surface area contributed by atoms with Crippen LogP contribution in [-0.2, 0) is 9.59 Å². The number of halogens is 1. The van der Waals surface area contributed by atoms with Gasteiger partial charge in [0.1, 0.15) is 5.82 Å². The number of imide groups is 1. The monoisotopic (exact) mass is 338 g/mol. The summed E-state index contributed by atoms with van der Waals surface area (Å²) in [6.45, 7) is 3.55. The van der Waals surface area contributed by atoms with Gasteiger partial charge in [0, 0.05) is 0 Å². The van der Waals surface area contributed by atoms with Gasteiger partial charge in [-0.3, -0.25) is 9.59 Å².